The quantitative estimate of drug-likeness (QED) is 0.225. The van der Waals surface area contributed by atoms with Crippen LogP contribution in [-0.2, 0) is 14.3 Å². The number of carboxylic acids is 1. The average molecular weight is 617 g/mol. The van der Waals surface area contributed by atoms with Crippen LogP contribution in [-0.4, -0.2) is 74.9 Å². The Hall–Kier alpha value is -1.55. The molecule has 0 amide bonds. The maximum absolute atomic E-state index is 13.5. The molecule has 5 aliphatic rings. The molecule has 8 nitrogen and oxygen atoms in total. The molecule has 8 heteroatoms. The highest BCUT2D eigenvalue weighted by atomic mass is 16.7. The zero-order valence-corrected chi connectivity index (χ0v) is 27.4. The van der Waals surface area contributed by atoms with E-state index in [4.69, 9.17) is 9.47 Å². The van der Waals surface area contributed by atoms with Crippen molar-refractivity contribution in [1.29, 1.82) is 0 Å². The van der Waals surface area contributed by atoms with Gasteiger partial charge in [0.25, 0.3) is 0 Å². The summed E-state index contributed by atoms with van der Waals surface area (Å²) in [4.78, 5) is 13.5. The lowest BCUT2D eigenvalue weighted by atomic mass is 9.45. The summed E-state index contributed by atoms with van der Waals surface area (Å²) in [6, 6.07) is 0. The fourth-order valence-electron chi connectivity index (χ4n) is 10.3. The van der Waals surface area contributed by atoms with Crippen molar-refractivity contribution < 1.29 is 39.8 Å². The average Bonchev–Trinajstić information content (AvgIpc) is 3.31. The molecule has 0 radical (unpaired) electrons. The van der Waals surface area contributed by atoms with E-state index in [1.54, 1.807) is 0 Å². The lowest BCUT2D eigenvalue weighted by Crippen LogP contribution is -2.60. The third-order valence-electron chi connectivity index (χ3n) is 13.3. The van der Waals surface area contributed by atoms with E-state index in [0.717, 1.165) is 56.9 Å². The molecule has 1 saturated heterocycles. The molecule has 248 valence electrons. The second-order valence-electron chi connectivity index (χ2n) is 15.5. The molecule has 4 aliphatic carbocycles. The van der Waals surface area contributed by atoms with Crippen LogP contribution in [0.5, 0.6) is 0 Å². The van der Waals surface area contributed by atoms with Crippen molar-refractivity contribution in [2.45, 2.75) is 136 Å². The number of aliphatic hydroxyl groups is 4. The molecular weight excluding hydrogens is 560 g/mol. The lowest BCUT2D eigenvalue weighted by molar-refractivity contribution is -0.310. The molecule has 1 heterocycles. The van der Waals surface area contributed by atoms with Crippen LogP contribution in [0.3, 0.4) is 0 Å². The Balaban J connectivity index is 1.38. The molecule has 0 aromatic heterocycles. The van der Waals surface area contributed by atoms with Gasteiger partial charge in [-0.3, -0.25) is 4.79 Å². The number of fused-ring (bicyclic) bond motifs is 4. The molecule has 2 saturated carbocycles. The van der Waals surface area contributed by atoms with Crippen molar-refractivity contribution in [3.63, 3.8) is 0 Å². The first-order valence-electron chi connectivity index (χ1n) is 16.9. The summed E-state index contributed by atoms with van der Waals surface area (Å²) in [7, 11) is 0. The normalized spacial score (nSPS) is 44.6. The van der Waals surface area contributed by atoms with Gasteiger partial charge in [0.15, 0.2) is 6.29 Å². The number of aliphatic hydroxyl groups excluding tert-OH is 4. The minimum Gasteiger partial charge on any atom is -0.481 e. The first-order valence-corrected chi connectivity index (χ1v) is 16.9. The lowest BCUT2D eigenvalue weighted by Gasteiger charge is -2.58. The highest BCUT2D eigenvalue weighted by Crippen LogP contribution is 2.72. The summed E-state index contributed by atoms with van der Waals surface area (Å²) >= 11 is 0. The summed E-state index contributed by atoms with van der Waals surface area (Å²) in [6.45, 7) is 19.5. The summed E-state index contributed by atoms with van der Waals surface area (Å²) in [5, 5.41) is 51.7. The number of aliphatic carboxylic acids is 1. The predicted molar refractivity (Wildman–Crippen MR) is 167 cm³/mol. The monoisotopic (exact) mass is 616 g/mol. The first-order chi connectivity index (χ1) is 20.6. The van der Waals surface area contributed by atoms with Crippen LogP contribution in [0.1, 0.15) is 98.8 Å². The second kappa shape index (κ2) is 12.2. The number of allylic oxidation sites excluding steroid dienone is 2. The van der Waals surface area contributed by atoms with Gasteiger partial charge >= 0.3 is 5.97 Å². The van der Waals surface area contributed by atoms with Gasteiger partial charge in [0, 0.05) is 0 Å². The number of carboxylic acid groups (broad SMARTS) is 1. The fourth-order valence-corrected chi connectivity index (χ4v) is 10.3. The van der Waals surface area contributed by atoms with E-state index < -0.39 is 54.8 Å². The Morgan fingerprint density at radius 3 is 2.34 bits per heavy atom. The molecule has 0 bridgehead atoms. The van der Waals surface area contributed by atoms with E-state index in [9.17, 15) is 30.3 Å². The summed E-state index contributed by atoms with van der Waals surface area (Å²) in [5.74, 6) is 0.689. The van der Waals surface area contributed by atoms with Crippen LogP contribution in [0, 0.1) is 39.9 Å². The zero-order valence-electron chi connectivity index (χ0n) is 27.4. The van der Waals surface area contributed by atoms with Crippen molar-refractivity contribution in [2.24, 2.45) is 39.9 Å². The topological polar surface area (TPSA) is 137 Å². The van der Waals surface area contributed by atoms with Gasteiger partial charge in [-0.25, -0.2) is 0 Å². The van der Waals surface area contributed by atoms with Crippen LogP contribution < -0.4 is 0 Å². The van der Waals surface area contributed by atoms with Gasteiger partial charge in [-0.2, -0.15) is 0 Å². The predicted octanol–water partition coefficient (Wildman–Crippen LogP) is 5.14. The highest BCUT2D eigenvalue weighted by molar-refractivity contribution is 5.82. The van der Waals surface area contributed by atoms with Crippen LogP contribution in [0.25, 0.3) is 0 Å². The molecular formula is C36H56O8. The maximum atomic E-state index is 13.5. The highest BCUT2D eigenvalue weighted by Gasteiger charge is 2.67. The number of ether oxygens (including phenoxy) is 2. The van der Waals surface area contributed by atoms with E-state index in [2.05, 4.69) is 47.8 Å². The summed E-state index contributed by atoms with van der Waals surface area (Å²) in [5.41, 5.74) is 3.33. The molecule has 1 aliphatic heterocycles. The van der Waals surface area contributed by atoms with E-state index in [1.165, 1.54) is 16.7 Å². The van der Waals surface area contributed by atoms with Crippen molar-refractivity contribution in [1.82, 2.24) is 0 Å². The van der Waals surface area contributed by atoms with Crippen molar-refractivity contribution in [2.75, 3.05) is 6.61 Å². The van der Waals surface area contributed by atoms with Gasteiger partial charge in [-0.15, -0.1) is 0 Å². The number of rotatable bonds is 9. The Kier molecular flexibility index (Phi) is 9.40. The zero-order chi connectivity index (χ0) is 32.4. The standard InChI is InChI=1S/C36H56O8/c1-19(2)20(3)8-9-21(4)23-13-17-36(33(41)42)26-11-10-24-22(5)27(14-15-34(24,6)25(26)12-16-35(23,36)7)43-32-31(40)30(39)29(38)28(18-37)44-32/h19,21,23-24,27-32,37-40H,3,5,8-18H2,1-2,4,6-7H3,(H,41,42). The summed E-state index contributed by atoms with van der Waals surface area (Å²) < 4.78 is 11.9. The molecule has 5 rings (SSSR count). The van der Waals surface area contributed by atoms with Crippen LogP contribution >= 0.6 is 0 Å². The molecule has 44 heavy (non-hydrogen) atoms. The second-order valence-corrected chi connectivity index (χ2v) is 15.5. The Morgan fingerprint density at radius 2 is 1.70 bits per heavy atom. The summed E-state index contributed by atoms with van der Waals surface area (Å²) in [6.07, 6.45) is 1.36. The molecule has 5 N–H and O–H groups in total. The van der Waals surface area contributed by atoms with E-state index in [0.29, 0.717) is 30.6 Å². The van der Waals surface area contributed by atoms with E-state index in [-0.39, 0.29) is 16.7 Å². The Bertz CT molecular complexity index is 1170. The molecule has 12 atom stereocenters. The van der Waals surface area contributed by atoms with Gasteiger partial charge in [-0.05, 0) is 104 Å². The van der Waals surface area contributed by atoms with Gasteiger partial charge in [0.2, 0.25) is 0 Å². The number of hydrogen-bond acceptors (Lipinski definition) is 7. The minimum absolute atomic E-state index is 0.0956. The minimum atomic E-state index is -1.49. The SMILES string of the molecule is C=C(CCC(C)C1CCC2(C(=O)O)C3=C(CCC12C)C1(C)CCC(OC2OC(CO)C(O)C(O)C2O)C(=C)C1CC3)C(C)C. The van der Waals surface area contributed by atoms with Crippen LogP contribution in [0.2, 0.25) is 0 Å². The van der Waals surface area contributed by atoms with Gasteiger partial charge in [0.1, 0.15) is 24.4 Å². The smallest absolute Gasteiger partial charge is 0.314 e. The van der Waals surface area contributed by atoms with Crippen molar-refractivity contribution >= 4 is 5.97 Å². The first kappa shape index (κ1) is 33.8. The van der Waals surface area contributed by atoms with Crippen LogP contribution in [0.15, 0.2) is 35.5 Å². The number of hydrogen-bond donors (Lipinski definition) is 5. The van der Waals surface area contributed by atoms with Gasteiger partial charge in [-0.1, -0.05) is 64.5 Å². The molecule has 12 unspecified atom stereocenters. The molecule has 0 spiro atoms. The van der Waals surface area contributed by atoms with E-state index in [1.807, 2.05) is 0 Å². The van der Waals surface area contributed by atoms with Gasteiger partial charge in [0.05, 0.1) is 18.1 Å². The fraction of sp³-hybridized carbons (Fsp3) is 0.806. The molecule has 3 fully saturated rings. The van der Waals surface area contributed by atoms with Crippen molar-refractivity contribution in [3.8, 4) is 0 Å². The maximum Gasteiger partial charge on any atom is 0.314 e. The van der Waals surface area contributed by atoms with Crippen molar-refractivity contribution in [3.05, 3.63) is 35.5 Å². The number of carbonyl (C=O) groups is 1. The third-order valence-corrected chi connectivity index (χ3v) is 13.3. The van der Waals surface area contributed by atoms with Crippen LogP contribution in [0.4, 0.5) is 0 Å². The Labute approximate surface area is 263 Å². The van der Waals surface area contributed by atoms with E-state index >= 15 is 0 Å². The largest absolute Gasteiger partial charge is 0.481 e. The molecule has 0 aromatic carbocycles. The Morgan fingerprint density at radius 1 is 1.00 bits per heavy atom. The van der Waals surface area contributed by atoms with Gasteiger partial charge < -0.3 is 35.0 Å². The third kappa shape index (κ3) is 5.07. The molecule has 0 aromatic rings.